The number of hydrogen-bond donors (Lipinski definition) is 4. The minimum atomic E-state index is -1.10. The molecule has 69 heavy (non-hydrogen) atoms. The van der Waals surface area contributed by atoms with E-state index in [1.165, 1.54) is 47.9 Å². The molecule has 10 nitrogen and oxygen atoms in total. The van der Waals surface area contributed by atoms with Crippen molar-refractivity contribution >= 4 is 0 Å². The molecule has 376 valence electrons. The maximum Gasteiger partial charge on any atom is 0.166 e. The Morgan fingerprint density at radius 3 is 1.65 bits per heavy atom. The van der Waals surface area contributed by atoms with Gasteiger partial charge in [0.1, 0.15) is 23.4 Å². The molecule has 8 bridgehead atoms. The summed E-state index contributed by atoms with van der Waals surface area (Å²) < 4.78 is 29.0. The number of fused-ring (bicyclic) bond motifs is 4. The van der Waals surface area contributed by atoms with Crippen LogP contribution >= 0.6 is 0 Å². The van der Waals surface area contributed by atoms with Crippen molar-refractivity contribution in [3.63, 3.8) is 0 Å². The third kappa shape index (κ3) is 4.70. The van der Waals surface area contributed by atoms with Gasteiger partial charge in [0, 0.05) is 94.6 Å². The minimum Gasteiger partial charge on any atom is -0.504 e. The van der Waals surface area contributed by atoms with E-state index in [9.17, 15) is 20.4 Å². The van der Waals surface area contributed by atoms with Gasteiger partial charge in [0.05, 0.1) is 11.2 Å². The molecule has 10 heteroatoms. The summed E-state index contributed by atoms with van der Waals surface area (Å²) >= 11 is 0. The second-order valence-electron chi connectivity index (χ2n) is 28.6. The first-order chi connectivity index (χ1) is 32.4. The standard InChI is InChI=1S/C59H82N2O8/c1-49(2,3)52(8,64)38-28-54-16-18-58(38,66-10)47-56(54)20-22-60(29-32-12-13-32)39(54)26-34-24-36(43(62)45(68-47)41(34)56)37-25-35-27-40-55-17-19-59(67-11,51(7,31-55)53(9,65)50(4,5)6)48-57(55,42(35)46(69-48)44(37)63)21-23-61(40)30-33-14-15-33/h24-25,32-33,38-40,47-48,62-65H,12-23,26-31H2,1-11H3/t38-,39-,40-,47-,48-,51-,52+,53-,54-,55-,56+,57+,58-,59+/m1/s1. The Hall–Kier alpha value is -2.60. The molecule has 0 radical (unpaired) electrons. The van der Waals surface area contributed by atoms with Gasteiger partial charge in [-0.05, 0) is 163 Å². The van der Waals surface area contributed by atoms with Gasteiger partial charge in [-0.3, -0.25) is 9.80 Å². The number of rotatable bonds is 9. The third-order valence-corrected chi connectivity index (χ3v) is 25.0. The number of likely N-dealkylation sites (tertiary alicyclic amines) is 2. The Labute approximate surface area is 411 Å². The van der Waals surface area contributed by atoms with Crippen molar-refractivity contribution in [2.45, 2.75) is 210 Å². The Morgan fingerprint density at radius 2 is 1.16 bits per heavy atom. The monoisotopic (exact) mass is 947 g/mol. The molecular weight excluding hydrogens is 865 g/mol. The predicted octanol–water partition coefficient (Wildman–Crippen LogP) is 9.20. The van der Waals surface area contributed by atoms with Crippen LogP contribution in [0.5, 0.6) is 23.0 Å². The Bertz CT molecular complexity index is 2610. The van der Waals surface area contributed by atoms with Crippen molar-refractivity contribution in [2.24, 2.45) is 44.8 Å². The second kappa shape index (κ2) is 13.0. The first-order valence-corrected chi connectivity index (χ1v) is 27.6. The van der Waals surface area contributed by atoms with Gasteiger partial charge in [0.15, 0.2) is 23.0 Å². The van der Waals surface area contributed by atoms with E-state index in [0.717, 1.165) is 102 Å². The van der Waals surface area contributed by atoms with Crippen LogP contribution in [0.1, 0.15) is 162 Å². The minimum absolute atomic E-state index is 0.0926. The highest BCUT2D eigenvalue weighted by Crippen LogP contribution is 2.83. The summed E-state index contributed by atoms with van der Waals surface area (Å²) in [5, 5.41) is 52.3. The summed E-state index contributed by atoms with van der Waals surface area (Å²) in [5.41, 5.74) is -0.322. The number of ether oxygens (including phenoxy) is 4. The second-order valence-corrected chi connectivity index (χ2v) is 28.6. The molecular formula is C59H82N2O8. The lowest BCUT2D eigenvalue weighted by Crippen LogP contribution is -2.86. The molecule has 2 saturated heterocycles. The lowest BCUT2D eigenvalue weighted by Gasteiger charge is -2.78. The van der Waals surface area contributed by atoms with Crippen LogP contribution in [0, 0.1) is 44.8 Å². The maximum atomic E-state index is 13.2. The van der Waals surface area contributed by atoms with Gasteiger partial charge in [0.25, 0.3) is 0 Å². The van der Waals surface area contributed by atoms with Crippen molar-refractivity contribution < 1.29 is 39.4 Å². The van der Waals surface area contributed by atoms with E-state index in [1.807, 2.05) is 21.1 Å². The molecule has 4 aliphatic heterocycles. The molecule has 14 atom stereocenters. The van der Waals surface area contributed by atoms with Crippen LogP contribution in [-0.2, 0) is 33.1 Å². The highest BCUT2D eigenvalue weighted by atomic mass is 16.6. The van der Waals surface area contributed by atoms with E-state index in [-0.39, 0.29) is 51.8 Å². The van der Waals surface area contributed by atoms with Crippen LogP contribution in [0.2, 0.25) is 0 Å². The van der Waals surface area contributed by atoms with E-state index < -0.39 is 50.2 Å². The molecule has 10 fully saturated rings. The highest BCUT2D eigenvalue weighted by molar-refractivity contribution is 5.86. The SMILES string of the molecule is CO[C@]12CC[C@@]3(C[C@@H]1[C@](C)(O)C(C)(C)C)[C@H]1Cc4cc(-c5cc6c7c(c5O)O[C@H]5[C@@]8(OC)CC[C@@]9(C[C@]8(C)[C@](C)(O)C(C)(C)C)[C@@H](C6)N(CC6CC6)CC[C@]759)c(O)c5c4[C@@]3(CCN1CC1CC1)[C@H]2O5. The summed E-state index contributed by atoms with van der Waals surface area (Å²) in [6, 6.07) is 4.98. The molecule has 0 aromatic heterocycles. The summed E-state index contributed by atoms with van der Waals surface area (Å²) in [6.45, 7) is 23.6. The zero-order chi connectivity index (χ0) is 48.4. The number of nitrogens with zero attached hydrogens (tertiary/aromatic N) is 2. The van der Waals surface area contributed by atoms with Crippen LogP contribution in [0.25, 0.3) is 11.1 Å². The molecule has 14 aliphatic rings. The summed E-state index contributed by atoms with van der Waals surface area (Å²) in [5.74, 6) is 2.62. The normalized spacial score (nSPS) is 44.8. The predicted molar refractivity (Wildman–Crippen MR) is 264 cm³/mol. The van der Waals surface area contributed by atoms with E-state index in [1.54, 1.807) is 0 Å². The summed E-state index contributed by atoms with van der Waals surface area (Å²) in [6.07, 6.45) is 13.2. The van der Waals surface area contributed by atoms with Crippen LogP contribution in [0.4, 0.5) is 0 Å². The van der Waals surface area contributed by atoms with E-state index in [2.05, 4.69) is 77.3 Å². The average Bonchev–Trinajstić information content (AvgIpc) is 4.22. The van der Waals surface area contributed by atoms with Crippen molar-refractivity contribution in [3.8, 4) is 34.1 Å². The molecule has 4 N–H and O–H groups in total. The molecule has 16 rings (SSSR count). The fourth-order valence-corrected chi connectivity index (χ4v) is 20.4. The summed E-state index contributed by atoms with van der Waals surface area (Å²) in [7, 11) is 3.68. The zero-order valence-corrected chi connectivity index (χ0v) is 43.7. The number of aromatic hydroxyl groups is 2. The van der Waals surface area contributed by atoms with Gasteiger partial charge in [0.2, 0.25) is 0 Å². The fourth-order valence-electron chi connectivity index (χ4n) is 20.4. The molecule has 2 aromatic carbocycles. The van der Waals surface area contributed by atoms with Crippen LogP contribution in [0.15, 0.2) is 12.1 Å². The first-order valence-electron chi connectivity index (χ1n) is 27.6. The smallest absolute Gasteiger partial charge is 0.166 e. The van der Waals surface area contributed by atoms with Crippen LogP contribution < -0.4 is 9.47 Å². The van der Waals surface area contributed by atoms with E-state index in [0.29, 0.717) is 22.6 Å². The number of phenolic OH excluding ortho intramolecular Hbond substituents is 2. The van der Waals surface area contributed by atoms with Crippen LogP contribution in [0.3, 0.4) is 0 Å². The number of benzene rings is 2. The number of aliphatic hydroxyl groups is 2. The Kier molecular flexibility index (Phi) is 8.49. The molecule has 2 aromatic rings. The topological polar surface area (TPSA) is 124 Å². The van der Waals surface area contributed by atoms with Gasteiger partial charge in [-0.15, -0.1) is 0 Å². The largest absolute Gasteiger partial charge is 0.504 e. The van der Waals surface area contributed by atoms with Gasteiger partial charge in [-0.25, -0.2) is 0 Å². The lowest BCUT2D eigenvalue weighted by molar-refractivity contribution is -0.350. The quantitative estimate of drug-likeness (QED) is 0.194. The Morgan fingerprint density at radius 1 is 0.652 bits per heavy atom. The molecule has 10 aliphatic carbocycles. The number of methoxy groups -OCH3 is 2. The average molecular weight is 947 g/mol. The van der Waals surface area contributed by atoms with Crippen molar-refractivity contribution in [2.75, 3.05) is 40.4 Å². The van der Waals surface area contributed by atoms with Crippen LogP contribution in [-0.4, -0.2) is 117 Å². The van der Waals surface area contributed by atoms with Gasteiger partial charge < -0.3 is 39.4 Å². The third-order valence-electron chi connectivity index (χ3n) is 25.0. The van der Waals surface area contributed by atoms with Crippen molar-refractivity contribution in [1.82, 2.24) is 9.80 Å². The van der Waals surface area contributed by atoms with Gasteiger partial charge in [-0.1, -0.05) is 48.5 Å². The van der Waals surface area contributed by atoms with Gasteiger partial charge in [-0.2, -0.15) is 0 Å². The van der Waals surface area contributed by atoms with E-state index >= 15 is 0 Å². The van der Waals surface area contributed by atoms with Gasteiger partial charge >= 0.3 is 0 Å². The molecule has 0 unspecified atom stereocenters. The van der Waals surface area contributed by atoms with E-state index in [4.69, 9.17) is 18.9 Å². The highest BCUT2D eigenvalue weighted by Gasteiger charge is 2.86. The number of hydrogen-bond acceptors (Lipinski definition) is 10. The first kappa shape index (κ1) is 45.0. The van der Waals surface area contributed by atoms with Crippen molar-refractivity contribution in [1.29, 1.82) is 0 Å². The van der Waals surface area contributed by atoms with Crippen molar-refractivity contribution in [3.05, 3.63) is 34.4 Å². The maximum absolute atomic E-state index is 13.2. The lowest BCUT2D eigenvalue weighted by atomic mass is 9.29. The Balaban J connectivity index is 0.963. The number of phenols is 2. The molecule has 4 heterocycles. The zero-order valence-electron chi connectivity index (χ0n) is 43.7. The molecule has 4 spiro atoms. The molecule has 0 amide bonds. The summed E-state index contributed by atoms with van der Waals surface area (Å²) in [4.78, 5) is 5.67. The number of piperidine rings is 2. The fraction of sp³-hybridized carbons (Fsp3) is 0.797. The molecule has 8 saturated carbocycles.